The molecule has 0 spiro atoms. The number of hydrogen-bond acceptors (Lipinski definition) is 3. The Labute approximate surface area is 115 Å². The monoisotopic (exact) mass is 263 g/mol. The zero-order valence-electron chi connectivity index (χ0n) is 12.5. The fraction of sp³-hybridized carbons (Fsp3) is 0.733. The number of hydrogen-bond donors (Lipinski definition) is 0. The third kappa shape index (κ3) is 2.73. The smallest absolute Gasteiger partial charge is 0.200 e. The standard InChI is InChI=1S/C15H25N3O/c1-12(2)18-13(8-9-16-18)14(19)15(3,4)17-10-6-5-7-11-17/h8-9,12H,5-7,10-11H2,1-4H3. The molecule has 0 amide bonds. The minimum atomic E-state index is -0.437. The zero-order valence-corrected chi connectivity index (χ0v) is 12.5. The van der Waals surface area contributed by atoms with Crippen LogP contribution in [0.1, 0.15) is 63.5 Å². The first kappa shape index (κ1) is 14.3. The van der Waals surface area contributed by atoms with Crippen LogP contribution < -0.4 is 0 Å². The molecule has 0 bridgehead atoms. The second-order valence-corrected chi connectivity index (χ2v) is 6.19. The maximum atomic E-state index is 12.8. The summed E-state index contributed by atoms with van der Waals surface area (Å²) in [5.74, 6) is 0.181. The van der Waals surface area contributed by atoms with Gasteiger partial charge in [0.05, 0.1) is 5.54 Å². The van der Waals surface area contributed by atoms with Crippen molar-refractivity contribution in [3.63, 3.8) is 0 Å². The van der Waals surface area contributed by atoms with E-state index < -0.39 is 5.54 Å². The van der Waals surface area contributed by atoms with Crippen LogP contribution in [0.3, 0.4) is 0 Å². The van der Waals surface area contributed by atoms with Gasteiger partial charge in [-0.25, -0.2) is 0 Å². The van der Waals surface area contributed by atoms with E-state index in [1.165, 1.54) is 19.3 Å². The molecule has 1 fully saturated rings. The van der Waals surface area contributed by atoms with E-state index in [0.29, 0.717) is 0 Å². The topological polar surface area (TPSA) is 38.1 Å². The Morgan fingerprint density at radius 2 is 1.89 bits per heavy atom. The number of nitrogens with zero attached hydrogens (tertiary/aromatic N) is 3. The van der Waals surface area contributed by atoms with Crippen molar-refractivity contribution in [1.29, 1.82) is 0 Å². The number of rotatable bonds is 4. The van der Waals surface area contributed by atoms with Gasteiger partial charge in [-0.15, -0.1) is 0 Å². The van der Waals surface area contributed by atoms with E-state index in [4.69, 9.17) is 0 Å². The van der Waals surface area contributed by atoms with E-state index in [2.05, 4.69) is 23.8 Å². The minimum Gasteiger partial charge on any atom is -0.291 e. The summed E-state index contributed by atoms with van der Waals surface area (Å²) >= 11 is 0. The second kappa shape index (κ2) is 5.45. The van der Waals surface area contributed by atoms with Crippen molar-refractivity contribution < 1.29 is 4.79 Å². The lowest BCUT2D eigenvalue weighted by molar-refractivity contribution is 0.0566. The largest absolute Gasteiger partial charge is 0.291 e. The van der Waals surface area contributed by atoms with Gasteiger partial charge in [0.2, 0.25) is 0 Å². The summed E-state index contributed by atoms with van der Waals surface area (Å²) in [6.07, 6.45) is 5.39. The van der Waals surface area contributed by atoms with Crippen LogP contribution in [0.2, 0.25) is 0 Å². The van der Waals surface area contributed by atoms with Gasteiger partial charge < -0.3 is 0 Å². The lowest BCUT2D eigenvalue weighted by atomic mass is 9.91. The van der Waals surface area contributed by atoms with Crippen LogP contribution >= 0.6 is 0 Å². The van der Waals surface area contributed by atoms with Crippen LogP contribution in [0.25, 0.3) is 0 Å². The van der Waals surface area contributed by atoms with Crippen molar-refractivity contribution in [3.05, 3.63) is 18.0 Å². The molecule has 0 N–H and O–H groups in total. The Hall–Kier alpha value is -1.16. The second-order valence-electron chi connectivity index (χ2n) is 6.19. The normalized spacial score (nSPS) is 17.9. The van der Waals surface area contributed by atoms with Gasteiger partial charge in [0.15, 0.2) is 5.78 Å². The summed E-state index contributed by atoms with van der Waals surface area (Å²) in [5, 5.41) is 4.27. The Balaban J connectivity index is 2.24. The lowest BCUT2D eigenvalue weighted by Crippen LogP contribution is -2.52. The molecule has 0 aromatic carbocycles. The van der Waals surface area contributed by atoms with E-state index in [-0.39, 0.29) is 11.8 Å². The summed E-state index contributed by atoms with van der Waals surface area (Å²) in [6, 6.07) is 2.06. The highest BCUT2D eigenvalue weighted by atomic mass is 16.1. The van der Waals surface area contributed by atoms with Gasteiger partial charge in [0.1, 0.15) is 5.69 Å². The van der Waals surface area contributed by atoms with E-state index in [9.17, 15) is 4.79 Å². The first-order valence-corrected chi connectivity index (χ1v) is 7.28. The van der Waals surface area contributed by atoms with E-state index in [1.807, 2.05) is 24.6 Å². The molecule has 0 radical (unpaired) electrons. The zero-order chi connectivity index (χ0) is 14.0. The van der Waals surface area contributed by atoms with Crippen molar-refractivity contribution in [3.8, 4) is 0 Å². The van der Waals surface area contributed by atoms with Gasteiger partial charge in [0, 0.05) is 12.2 Å². The third-order valence-electron chi connectivity index (χ3n) is 4.09. The van der Waals surface area contributed by atoms with E-state index in [1.54, 1.807) is 6.20 Å². The highest BCUT2D eigenvalue weighted by Gasteiger charge is 2.37. The average molecular weight is 263 g/mol. The van der Waals surface area contributed by atoms with Crippen molar-refractivity contribution >= 4 is 5.78 Å². The molecule has 1 aliphatic heterocycles. The Morgan fingerprint density at radius 3 is 2.47 bits per heavy atom. The Morgan fingerprint density at radius 1 is 1.26 bits per heavy atom. The molecule has 19 heavy (non-hydrogen) atoms. The quantitative estimate of drug-likeness (QED) is 0.784. The number of ketones is 1. The van der Waals surface area contributed by atoms with Gasteiger partial charge in [-0.05, 0) is 59.7 Å². The number of carbonyl (C=O) groups is 1. The molecule has 0 saturated carbocycles. The average Bonchev–Trinajstić information content (AvgIpc) is 2.88. The Bertz CT molecular complexity index is 442. The summed E-state index contributed by atoms with van der Waals surface area (Å²) in [7, 11) is 0. The van der Waals surface area contributed by atoms with Crippen LogP contribution in [0.15, 0.2) is 12.3 Å². The number of likely N-dealkylation sites (tertiary alicyclic amines) is 1. The van der Waals surface area contributed by atoms with E-state index >= 15 is 0 Å². The highest BCUT2D eigenvalue weighted by molar-refractivity contribution is 6.01. The van der Waals surface area contributed by atoms with Crippen LogP contribution in [0.4, 0.5) is 0 Å². The number of aromatic nitrogens is 2. The molecule has 1 saturated heterocycles. The molecule has 2 rings (SSSR count). The molecule has 0 unspecified atom stereocenters. The molecular weight excluding hydrogens is 238 g/mol. The molecule has 1 aliphatic rings. The van der Waals surface area contributed by atoms with Crippen molar-refractivity contribution in [2.24, 2.45) is 0 Å². The van der Waals surface area contributed by atoms with Gasteiger partial charge in [0.25, 0.3) is 0 Å². The maximum absolute atomic E-state index is 12.8. The fourth-order valence-corrected chi connectivity index (χ4v) is 2.82. The predicted molar refractivity (Wildman–Crippen MR) is 76.4 cm³/mol. The molecule has 0 atom stereocenters. The third-order valence-corrected chi connectivity index (χ3v) is 4.09. The SMILES string of the molecule is CC(C)n1nccc1C(=O)C(C)(C)N1CCCCC1. The number of Topliss-reactive ketones (excluding diaryl/α,β-unsaturated/α-hetero) is 1. The predicted octanol–water partition coefficient (Wildman–Crippen LogP) is 2.91. The molecule has 2 heterocycles. The van der Waals surface area contributed by atoms with E-state index in [0.717, 1.165) is 18.8 Å². The van der Waals surface area contributed by atoms with Gasteiger partial charge >= 0.3 is 0 Å². The summed E-state index contributed by atoms with van der Waals surface area (Å²) < 4.78 is 1.83. The van der Waals surface area contributed by atoms with Crippen LogP contribution in [-0.2, 0) is 0 Å². The lowest BCUT2D eigenvalue weighted by Gasteiger charge is -2.39. The van der Waals surface area contributed by atoms with Gasteiger partial charge in [-0.2, -0.15) is 5.10 Å². The molecule has 1 aromatic rings. The van der Waals surface area contributed by atoms with Crippen LogP contribution in [-0.4, -0.2) is 39.1 Å². The highest BCUT2D eigenvalue weighted by Crippen LogP contribution is 2.25. The summed E-state index contributed by atoms with van der Waals surface area (Å²) in [4.78, 5) is 15.2. The summed E-state index contributed by atoms with van der Waals surface area (Å²) in [5.41, 5.74) is 0.290. The van der Waals surface area contributed by atoms with Crippen LogP contribution in [0, 0.1) is 0 Å². The molecular formula is C15H25N3O. The summed E-state index contributed by atoms with van der Waals surface area (Å²) in [6.45, 7) is 10.2. The molecule has 4 heteroatoms. The van der Waals surface area contributed by atoms with Crippen LogP contribution in [0.5, 0.6) is 0 Å². The van der Waals surface area contributed by atoms with Gasteiger partial charge in [-0.1, -0.05) is 6.42 Å². The molecule has 1 aromatic heterocycles. The molecule has 106 valence electrons. The van der Waals surface area contributed by atoms with Crippen molar-refractivity contribution in [2.75, 3.05) is 13.1 Å². The maximum Gasteiger partial charge on any atom is 0.200 e. The number of carbonyl (C=O) groups excluding carboxylic acids is 1. The minimum absolute atomic E-state index is 0.181. The number of piperidine rings is 1. The fourth-order valence-electron chi connectivity index (χ4n) is 2.82. The first-order chi connectivity index (χ1) is 8.94. The first-order valence-electron chi connectivity index (χ1n) is 7.28. The van der Waals surface area contributed by atoms with Crippen molar-refractivity contribution in [2.45, 2.75) is 58.5 Å². The molecule has 4 nitrogen and oxygen atoms in total. The van der Waals surface area contributed by atoms with Gasteiger partial charge in [-0.3, -0.25) is 14.4 Å². The molecule has 0 aliphatic carbocycles. The Kier molecular flexibility index (Phi) is 4.09. The van der Waals surface area contributed by atoms with Crippen molar-refractivity contribution in [1.82, 2.24) is 14.7 Å².